The van der Waals surface area contributed by atoms with Gasteiger partial charge in [-0.1, -0.05) is 13.3 Å². The molecule has 3 unspecified atom stereocenters. The number of carbonyl (C=O) groups is 1. The molecule has 4 heteroatoms. The zero-order chi connectivity index (χ0) is 14.3. The van der Waals surface area contributed by atoms with Gasteiger partial charge in [-0.05, 0) is 59.2 Å². The van der Waals surface area contributed by atoms with Crippen LogP contribution in [0.1, 0.15) is 46.5 Å². The van der Waals surface area contributed by atoms with Gasteiger partial charge in [0.2, 0.25) is 5.91 Å². The van der Waals surface area contributed by atoms with Crippen LogP contribution in [0.2, 0.25) is 0 Å². The largest absolute Gasteiger partial charge is 0.352 e. The molecule has 0 bridgehead atoms. The average Bonchev–Trinajstić information content (AvgIpc) is 2.36. The Morgan fingerprint density at radius 2 is 2.16 bits per heavy atom. The summed E-state index contributed by atoms with van der Waals surface area (Å²) in [5.74, 6) is 0.812. The monoisotopic (exact) mass is 269 g/mol. The summed E-state index contributed by atoms with van der Waals surface area (Å²) in [5.41, 5.74) is 0. The molecule has 1 aliphatic rings. The first-order valence-electron chi connectivity index (χ1n) is 7.75. The lowest BCUT2D eigenvalue weighted by Crippen LogP contribution is -2.48. The summed E-state index contributed by atoms with van der Waals surface area (Å²) in [6, 6.07) is 0.189. The fourth-order valence-electron chi connectivity index (χ4n) is 2.75. The van der Waals surface area contributed by atoms with Crippen LogP contribution in [0.5, 0.6) is 0 Å². The molecule has 1 amide bonds. The van der Waals surface area contributed by atoms with Gasteiger partial charge in [0.05, 0.1) is 6.04 Å². The number of hydrogen-bond donors (Lipinski definition) is 2. The SMILES string of the molecule is CCCC(C)NC(=O)C(C)NCC1CCCN(C)C1. The Morgan fingerprint density at radius 3 is 2.79 bits per heavy atom. The van der Waals surface area contributed by atoms with Crippen molar-refractivity contribution in [2.24, 2.45) is 5.92 Å². The Hall–Kier alpha value is -0.610. The number of hydrogen-bond acceptors (Lipinski definition) is 3. The standard InChI is InChI=1S/C15H31N3O/c1-5-7-12(2)17-15(19)13(3)16-10-14-8-6-9-18(4)11-14/h12-14,16H,5-11H2,1-4H3,(H,17,19). The van der Waals surface area contributed by atoms with Gasteiger partial charge in [0, 0.05) is 12.6 Å². The number of amides is 1. The lowest BCUT2D eigenvalue weighted by Gasteiger charge is -2.30. The first kappa shape index (κ1) is 16.4. The molecule has 112 valence electrons. The molecule has 3 atom stereocenters. The summed E-state index contributed by atoms with van der Waals surface area (Å²) in [7, 11) is 2.18. The van der Waals surface area contributed by atoms with Crippen molar-refractivity contribution in [1.82, 2.24) is 15.5 Å². The number of nitrogens with zero attached hydrogens (tertiary/aromatic N) is 1. The van der Waals surface area contributed by atoms with E-state index in [4.69, 9.17) is 0 Å². The highest BCUT2D eigenvalue weighted by atomic mass is 16.2. The van der Waals surface area contributed by atoms with E-state index in [2.05, 4.69) is 36.4 Å². The molecule has 1 aliphatic heterocycles. The zero-order valence-corrected chi connectivity index (χ0v) is 13.0. The predicted molar refractivity (Wildman–Crippen MR) is 80.2 cm³/mol. The van der Waals surface area contributed by atoms with E-state index in [-0.39, 0.29) is 18.0 Å². The highest BCUT2D eigenvalue weighted by Crippen LogP contribution is 2.14. The fourth-order valence-corrected chi connectivity index (χ4v) is 2.75. The number of nitrogens with one attached hydrogen (secondary N) is 2. The summed E-state index contributed by atoms with van der Waals surface area (Å²) >= 11 is 0. The minimum Gasteiger partial charge on any atom is -0.352 e. The second-order valence-corrected chi connectivity index (χ2v) is 6.10. The molecular formula is C15H31N3O. The highest BCUT2D eigenvalue weighted by Gasteiger charge is 2.20. The van der Waals surface area contributed by atoms with E-state index < -0.39 is 0 Å². The first-order valence-corrected chi connectivity index (χ1v) is 7.75. The first-order chi connectivity index (χ1) is 9.02. The summed E-state index contributed by atoms with van der Waals surface area (Å²) < 4.78 is 0. The zero-order valence-electron chi connectivity index (χ0n) is 13.0. The number of likely N-dealkylation sites (tertiary alicyclic amines) is 1. The Morgan fingerprint density at radius 1 is 1.42 bits per heavy atom. The van der Waals surface area contributed by atoms with E-state index in [0.717, 1.165) is 25.9 Å². The topological polar surface area (TPSA) is 44.4 Å². The lowest BCUT2D eigenvalue weighted by atomic mass is 9.98. The van der Waals surface area contributed by atoms with Gasteiger partial charge in [-0.25, -0.2) is 0 Å². The minimum absolute atomic E-state index is 0.0912. The maximum absolute atomic E-state index is 12.0. The van der Waals surface area contributed by atoms with Crippen LogP contribution in [0.25, 0.3) is 0 Å². The predicted octanol–water partition coefficient (Wildman–Crippen LogP) is 1.61. The molecule has 1 rings (SSSR count). The van der Waals surface area contributed by atoms with Crippen molar-refractivity contribution >= 4 is 5.91 Å². The Labute approximate surface area is 118 Å². The third kappa shape index (κ3) is 6.39. The molecule has 4 nitrogen and oxygen atoms in total. The van der Waals surface area contributed by atoms with Crippen LogP contribution in [0.3, 0.4) is 0 Å². The van der Waals surface area contributed by atoms with Crippen LogP contribution in [-0.2, 0) is 4.79 Å². The minimum atomic E-state index is -0.0912. The molecule has 0 aromatic rings. The van der Waals surface area contributed by atoms with E-state index in [9.17, 15) is 4.79 Å². The molecule has 0 aliphatic carbocycles. The maximum Gasteiger partial charge on any atom is 0.237 e. The van der Waals surface area contributed by atoms with Gasteiger partial charge in [-0.15, -0.1) is 0 Å². The van der Waals surface area contributed by atoms with E-state index in [1.807, 2.05) is 6.92 Å². The van der Waals surface area contributed by atoms with Crippen LogP contribution < -0.4 is 10.6 Å². The molecule has 2 N–H and O–H groups in total. The number of piperidine rings is 1. The lowest BCUT2D eigenvalue weighted by molar-refractivity contribution is -0.123. The normalized spacial score (nSPS) is 23.9. The molecule has 0 radical (unpaired) electrons. The molecule has 19 heavy (non-hydrogen) atoms. The smallest absolute Gasteiger partial charge is 0.237 e. The molecule has 1 fully saturated rings. The van der Waals surface area contributed by atoms with Crippen LogP contribution >= 0.6 is 0 Å². The van der Waals surface area contributed by atoms with Gasteiger partial charge < -0.3 is 15.5 Å². The van der Waals surface area contributed by atoms with E-state index in [0.29, 0.717) is 5.92 Å². The summed E-state index contributed by atoms with van der Waals surface area (Å²) in [6.07, 6.45) is 4.71. The molecular weight excluding hydrogens is 238 g/mol. The number of carbonyl (C=O) groups excluding carboxylic acids is 1. The van der Waals surface area contributed by atoms with Crippen LogP contribution in [0.15, 0.2) is 0 Å². The maximum atomic E-state index is 12.0. The molecule has 0 spiro atoms. The molecule has 0 saturated carbocycles. The molecule has 1 saturated heterocycles. The van der Waals surface area contributed by atoms with Crippen molar-refractivity contribution in [3.63, 3.8) is 0 Å². The van der Waals surface area contributed by atoms with Crippen molar-refractivity contribution in [2.75, 3.05) is 26.7 Å². The second-order valence-electron chi connectivity index (χ2n) is 6.10. The van der Waals surface area contributed by atoms with Crippen molar-refractivity contribution < 1.29 is 4.79 Å². The Kier molecular flexibility index (Phi) is 7.39. The third-order valence-electron chi connectivity index (χ3n) is 3.94. The van der Waals surface area contributed by atoms with Gasteiger partial charge in [-0.3, -0.25) is 4.79 Å². The van der Waals surface area contributed by atoms with Gasteiger partial charge in [-0.2, -0.15) is 0 Å². The van der Waals surface area contributed by atoms with Crippen molar-refractivity contribution in [3.8, 4) is 0 Å². The second kappa shape index (κ2) is 8.54. The highest BCUT2D eigenvalue weighted by molar-refractivity contribution is 5.81. The van der Waals surface area contributed by atoms with Crippen LogP contribution in [0.4, 0.5) is 0 Å². The van der Waals surface area contributed by atoms with Crippen LogP contribution in [0, 0.1) is 5.92 Å². The summed E-state index contributed by atoms with van der Waals surface area (Å²) in [6.45, 7) is 9.48. The third-order valence-corrected chi connectivity index (χ3v) is 3.94. The summed E-state index contributed by atoms with van der Waals surface area (Å²) in [5, 5.41) is 6.45. The van der Waals surface area contributed by atoms with Gasteiger partial charge in [0.25, 0.3) is 0 Å². The average molecular weight is 269 g/mol. The number of rotatable bonds is 7. The Bertz CT molecular complexity index is 270. The van der Waals surface area contributed by atoms with Gasteiger partial charge >= 0.3 is 0 Å². The van der Waals surface area contributed by atoms with Crippen molar-refractivity contribution in [1.29, 1.82) is 0 Å². The van der Waals surface area contributed by atoms with Gasteiger partial charge in [0.15, 0.2) is 0 Å². The Balaban J connectivity index is 2.22. The fraction of sp³-hybridized carbons (Fsp3) is 0.933. The molecule has 1 heterocycles. The molecule has 0 aromatic carbocycles. The van der Waals surface area contributed by atoms with E-state index >= 15 is 0 Å². The summed E-state index contributed by atoms with van der Waals surface area (Å²) in [4.78, 5) is 14.4. The van der Waals surface area contributed by atoms with Crippen molar-refractivity contribution in [3.05, 3.63) is 0 Å². The van der Waals surface area contributed by atoms with Crippen molar-refractivity contribution in [2.45, 2.75) is 58.5 Å². The van der Waals surface area contributed by atoms with E-state index in [1.54, 1.807) is 0 Å². The molecule has 0 aromatic heterocycles. The van der Waals surface area contributed by atoms with Crippen LogP contribution in [-0.4, -0.2) is 49.6 Å². The van der Waals surface area contributed by atoms with E-state index in [1.165, 1.54) is 19.4 Å². The van der Waals surface area contributed by atoms with Gasteiger partial charge in [0.1, 0.15) is 0 Å². The quantitative estimate of drug-likeness (QED) is 0.738.